The maximum absolute atomic E-state index is 11.1. The molecule has 14 heavy (non-hydrogen) atoms. The highest BCUT2D eigenvalue weighted by Crippen LogP contribution is 1.97. The number of rotatable bonds is 9. The Bertz CT molecular complexity index is 140. The third kappa shape index (κ3) is 9.48. The Morgan fingerprint density at radius 2 is 1.86 bits per heavy atom. The van der Waals surface area contributed by atoms with Gasteiger partial charge in [0.2, 0.25) is 5.91 Å². The summed E-state index contributed by atoms with van der Waals surface area (Å²) in [5.41, 5.74) is 0. The Morgan fingerprint density at radius 3 is 2.50 bits per heavy atom. The van der Waals surface area contributed by atoms with Gasteiger partial charge in [-0.05, 0) is 19.9 Å². The smallest absolute Gasteiger partial charge is 0.221 e. The fourth-order valence-electron chi connectivity index (χ4n) is 1.15. The van der Waals surface area contributed by atoms with Crippen molar-refractivity contribution in [1.29, 1.82) is 0 Å². The minimum absolute atomic E-state index is 0.113. The average molecular weight is 202 g/mol. The zero-order chi connectivity index (χ0) is 10.6. The summed E-state index contributed by atoms with van der Waals surface area (Å²) in [6, 6.07) is 0. The first-order valence-corrected chi connectivity index (χ1v) is 5.33. The molecule has 0 rings (SSSR count). The zero-order valence-corrected chi connectivity index (χ0v) is 9.01. The molecule has 0 aromatic heterocycles. The van der Waals surface area contributed by atoms with Gasteiger partial charge in [-0.25, -0.2) is 0 Å². The molecule has 1 amide bonds. The first kappa shape index (κ1) is 13.4. The molecule has 0 fully saturated rings. The van der Waals surface area contributed by atoms with Gasteiger partial charge in [0.15, 0.2) is 0 Å². The van der Waals surface area contributed by atoms with Crippen molar-refractivity contribution in [3.63, 3.8) is 0 Å². The van der Waals surface area contributed by atoms with Gasteiger partial charge < -0.3 is 15.7 Å². The van der Waals surface area contributed by atoms with Gasteiger partial charge in [0.25, 0.3) is 0 Å². The van der Waals surface area contributed by atoms with E-state index in [9.17, 15) is 4.79 Å². The third-order valence-electron chi connectivity index (χ3n) is 2.01. The molecule has 84 valence electrons. The molecule has 0 bridgehead atoms. The second-order valence-corrected chi connectivity index (χ2v) is 3.34. The minimum atomic E-state index is 0.113. The van der Waals surface area contributed by atoms with Crippen LogP contribution in [0.4, 0.5) is 0 Å². The van der Waals surface area contributed by atoms with E-state index >= 15 is 0 Å². The van der Waals surface area contributed by atoms with E-state index in [0.29, 0.717) is 6.42 Å². The van der Waals surface area contributed by atoms with Crippen molar-refractivity contribution in [3.05, 3.63) is 0 Å². The van der Waals surface area contributed by atoms with E-state index in [-0.39, 0.29) is 12.5 Å². The molecule has 4 nitrogen and oxygen atoms in total. The number of nitrogens with one attached hydrogen (secondary N) is 2. The summed E-state index contributed by atoms with van der Waals surface area (Å²) in [7, 11) is 1.84. The normalized spacial score (nSPS) is 10.1. The predicted molar refractivity (Wildman–Crippen MR) is 57.1 cm³/mol. The van der Waals surface area contributed by atoms with Crippen LogP contribution in [0.25, 0.3) is 0 Å². The van der Waals surface area contributed by atoms with E-state index in [2.05, 4.69) is 10.6 Å². The van der Waals surface area contributed by atoms with Crippen LogP contribution in [-0.2, 0) is 4.79 Å². The van der Waals surface area contributed by atoms with Crippen LogP contribution >= 0.6 is 0 Å². The number of hydrogen-bond acceptors (Lipinski definition) is 3. The molecule has 0 aromatic carbocycles. The molecule has 0 aliphatic heterocycles. The van der Waals surface area contributed by atoms with E-state index in [4.69, 9.17) is 5.11 Å². The van der Waals surface area contributed by atoms with E-state index in [1.807, 2.05) is 7.05 Å². The quantitative estimate of drug-likeness (QED) is 0.470. The van der Waals surface area contributed by atoms with Gasteiger partial charge in [0, 0.05) is 26.1 Å². The molecule has 0 spiro atoms. The summed E-state index contributed by atoms with van der Waals surface area (Å²) in [6.45, 7) is 1.76. The SMILES string of the molecule is CNCCC(=O)NCCCCCCO. The van der Waals surface area contributed by atoms with E-state index < -0.39 is 0 Å². The molecule has 4 heteroatoms. The van der Waals surface area contributed by atoms with Gasteiger partial charge in [-0.15, -0.1) is 0 Å². The lowest BCUT2D eigenvalue weighted by molar-refractivity contribution is -0.120. The summed E-state index contributed by atoms with van der Waals surface area (Å²) in [5.74, 6) is 0.113. The Morgan fingerprint density at radius 1 is 1.14 bits per heavy atom. The molecule has 0 radical (unpaired) electrons. The summed E-state index contributed by atoms with van der Waals surface area (Å²) in [6.07, 6.45) is 4.54. The number of carbonyl (C=O) groups is 1. The van der Waals surface area contributed by atoms with Crippen LogP contribution in [0, 0.1) is 0 Å². The molecular weight excluding hydrogens is 180 g/mol. The maximum Gasteiger partial charge on any atom is 0.221 e. The minimum Gasteiger partial charge on any atom is -0.396 e. The summed E-state index contributed by atoms with van der Waals surface area (Å²) < 4.78 is 0. The van der Waals surface area contributed by atoms with Crippen molar-refractivity contribution in [2.75, 3.05) is 26.7 Å². The monoisotopic (exact) mass is 202 g/mol. The zero-order valence-electron chi connectivity index (χ0n) is 9.01. The molecule has 0 atom stereocenters. The van der Waals surface area contributed by atoms with Crippen LogP contribution in [0.1, 0.15) is 32.1 Å². The second kappa shape index (κ2) is 10.5. The molecule has 0 aromatic rings. The largest absolute Gasteiger partial charge is 0.396 e. The average Bonchev–Trinajstić information content (AvgIpc) is 2.20. The molecule has 0 saturated carbocycles. The lowest BCUT2D eigenvalue weighted by Crippen LogP contribution is -2.27. The van der Waals surface area contributed by atoms with Gasteiger partial charge in [-0.3, -0.25) is 4.79 Å². The fraction of sp³-hybridized carbons (Fsp3) is 0.900. The molecule has 0 unspecified atom stereocenters. The first-order chi connectivity index (χ1) is 6.81. The van der Waals surface area contributed by atoms with Crippen LogP contribution in [-0.4, -0.2) is 37.8 Å². The highest BCUT2D eigenvalue weighted by molar-refractivity contribution is 5.75. The van der Waals surface area contributed by atoms with Crippen molar-refractivity contribution >= 4 is 5.91 Å². The number of unbranched alkanes of at least 4 members (excludes halogenated alkanes) is 3. The molecule has 3 N–H and O–H groups in total. The van der Waals surface area contributed by atoms with Crippen LogP contribution in [0.3, 0.4) is 0 Å². The van der Waals surface area contributed by atoms with Crippen LogP contribution < -0.4 is 10.6 Å². The van der Waals surface area contributed by atoms with Gasteiger partial charge >= 0.3 is 0 Å². The first-order valence-electron chi connectivity index (χ1n) is 5.33. The number of aliphatic hydroxyl groups excluding tert-OH is 1. The molecular formula is C10H22N2O2. The highest BCUT2D eigenvalue weighted by atomic mass is 16.2. The number of aliphatic hydroxyl groups is 1. The van der Waals surface area contributed by atoms with Crippen molar-refractivity contribution in [1.82, 2.24) is 10.6 Å². The molecule has 0 aliphatic rings. The van der Waals surface area contributed by atoms with Gasteiger partial charge in [-0.2, -0.15) is 0 Å². The van der Waals surface area contributed by atoms with Gasteiger partial charge in [0.1, 0.15) is 0 Å². The Balaban J connectivity index is 3.07. The molecule has 0 aliphatic carbocycles. The van der Waals surface area contributed by atoms with Crippen LogP contribution in [0.2, 0.25) is 0 Å². The van der Waals surface area contributed by atoms with Crippen molar-refractivity contribution in [3.8, 4) is 0 Å². The predicted octanol–water partition coefficient (Wildman–Crippen LogP) is 0.265. The summed E-state index contributed by atoms with van der Waals surface area (Å²) >= 11 is 0. The van der Waals surface area contributed by atoms with E-state index in [0.717, 1.165) is 38.8 Å². The van der Waals surface area contributed by atoms with Crippen molar-refractivity contribution < 1.29 is 9.90 Å². The third-order valence-corrected chi connectivity index (χ3v) is 2.01. The summed E-state index contributed by atoms with van der Waals surface area (Å²) in [4.78, 5) is 11.1. The maximum atomic E-state index is 11.1. The Hall–Kier alpha value is -0.610. The van der Waals surface area contributed by atoms with Crippen molar-refractivity contribution in [2.45, 2.75) is 32.1 Å². The number of hydrogen-bond donors (Lipinski definition) is 3. The lowest BCUT2D eigenvalue weighted by atomic mass is 10.2. The van der Waals surface area contributed by atoms with Gasteiger partial charge in [0.05, 0.1) is 0 Å². The second-order valence-electron chi connectivity index (χ2n) is 3.34. The van der Waals surface area contributed by atoms with Crippen molar-refractivity contribution in [2.24, 2.45) is 0 Å². The van der Waals surface area contributed by atoms with E-state index in [1.54, 1.807) is 0 Å². The standard InChI is InChI=1S/C10H22N2O2/c1-11-8-6-10(14)12-7-4-2-3-5-9-13/h11,13H,2-9H2,1H3,(H,12,14). The summed E-state index contributed by atoms with van der Waals surface area (Å²) in [5, 5.41) is 14.3. The highest BCUT2D eigenvalue weighted by Gasteiger charge is 1.98. The number of carbonyl (C=O) groups excluding carboxylic acids is 1. The van der Waals surface area contributed by atoms with E-state index in [1.165, 1.54) is 0 Å². The Labute approximate surface area is 86.1 Å². The molecule has 0 heterocycles. The van der Waals surface area contributed by atoms with Crippen LogP contribution in [0.5, 0.6) is 0 Å². The Kier molecular flexibility index (Phi) is 10.0. The lowest BCUT2D eigenvalue weighted by Gasteiger charge is -2.04. The van der Waals surface area contributed by atoms with Crippen LogP contribution in [0.15, 0.2) is 0 Å². The molecule has 0 saturated heterocycles. The topological polar surface area (TPSA) is 61.4 Å². The number of amides is 1. The van der Waals surface area contributed by atoms with Gasteiger partial charge in [-0.1, -0.05) is 12.8 Å². The fourth-order valence-corrected chi connectivity index (χ4v) is 1.15.